The van der Waals surface area contributed by atoms with Crippen molar-refractivity contribution in [2.75, 3.05) is 25.5 Å². The van der Waals surface area contributed by atoms with E-state index >= 15 is 0 Å². The van der Waals surface area contributed by atoms with Crippen molar-refractivity contribution in [3.05, 3.63) is 41.9 Å². The van der Waals surface area contributed by atoms with Gasteiger partial charge in [0.05, 0.1) is 13.2 Å². The average molecular weight is 349 g/mol. The smallest absolute Gasteiger partial charge is 0.245 e. The first-order chi connectivity index (χ1) is 11.9. The van der Waals surface area contributed by atoms with E-state index in [1.807, 2.05) is 0 Å². The summed E-state index contributed by atoms with van der Waals surface area (Å²) in [7, 11) is 1.55. The summed E-state index contributed by atoms with van der Waals surface area (Å²) in [4.78, 5) is 25.2. The molecule has 1 N–H and O–H groups in total. The van der Waals surface area contributed by atoms with E-state index in [0.29, 0.717) is 30.4 Å². The van der Waals surface area contributed by atoms with Crippen LogP contribution >= 0.6 is 0 Å². The number of carbonyl (C=O) groups is 2. The molecule has 0 aliphatic carbocycles. The quantitative estimate of drug-likeness (QED) is 0.740. The lowest BCUT2D eigenvalue weighted by Crippen LogP contribution is -2.35. The second kappa shape index (κ2) is 8.81. The molecular formula is C17H20FN3O4. The number of nitrogens with one attached hydrogen (secondary N) is 1. The molecule has 8 heteroatoms. The number of likely N-dealkylation sites (N-methyl/N-ethyl adjacent to an activating group) is 1. The van der Waals surface area contributed by atoms with Crippen LogP contribution in [0.2, 0.25) is 0 Å². The van der Waals surface area contributed by atoms with Gasteiger partial charge in [-0.2, -0.15) is 0 Å². The number of hydrogen-bond acceptors (Lipinski definition) is 5. The molecule has 0 fully saturated rings. The fourth-order valence-electron chi connectivity index (χ4n) is 2.05. The number of hydrogen-bond donors (Lipinski definition) is 1. The van der Waals surface area contributed by atoms with E-state index < -0.39 is 0 Å². The molecule has 0 saturated heterocycles. The largest absolute Gasteiger partial charge is 0.494 e. The molecule has 0 aliphatic rings. The van der Waals surface area contributed by atoms with Crippen LogP contribution in [0.4, 0.5) is 10.2 Å². The molecule has 7 nitrogen and oxygen atoms in total. The molecular weight excluding hydrogens is 329 g/mol. The van der Waals surface area contributed by atoms with Crippen LogP contribution in [0, 0.1) is 12.7 Å². The maximum Gasteiger partial charge on any atom is 0.245 e. The van der Waals surface area contributed by atoms with Crippen LogP contribution in [-0.4, -0.2) is 42.1 Å². The van der Waals surface area contributed by atoms with Crippen molar-refractivity contribution in [1.82, 2.24) is 10.1 Å². The average Bonchev–Trinajstić information content (AvgIpc) is 2.97. The summed E-state index contributed by atoms with van der Waals surface area (Å²) in [5.74, 6) is 0.588. The molecule has 0 spiro atoms. The van der Waals surface area contributed by atoms with Crippen molar-refractivity contribution >= 4 is 17.6 Å². The highest BCUT2D eigenvalue weighted by atomic mass is 19.1. The molecule has 2 amide bonds. The number of benzene rings is 1. The fraction of sp³-hybridized carbons (Fsp3) is 0.353. The van der Waals surface area contributed by atoms with Crippen LogP contribution in [0.15, 0.2) is 34.9 Å². The van der Waals surface area contributed by atoms with Crippen LogP contribution in [0.25, 0.3) is 0 Å². The van der Waals surface area contributed by atoms with Crippen LogP contribution < -0.4 is 10.1 Å². The molecule has 134 valence electrons. The Kier molecular flexibility index (Phi) is 6.50. The number of halogens is 1. The van der Waals surface area contributed by atoms with Crippen molar-refractivity contribution in [3.63, 3.8) is 0 Å². The molecule has 0 atom stereocenters. The Morgan fingerprint density at radius 2 is 2.04 bits per heavy atom. The number of carbonyl (C=O) groups excluding carboxylic acids is 2. The van der Waals surface area contributed by atoms with Gasteiger partial charge in [-0.15, -0.1) is 0 Å². The molecule has 0 bridgehead atoms. The van der Waals surface area contributed by atoms with Crippen molar-refractivity contribution < 1.29 is 23.2 Å². The minimum atomic E-state index is -0.355. The molecule has 0 radical (unpaired) electrons. The lowest BCUT2D eigenvalue weighted by Gasteiger charge is -2.16. The summed E-state index contributed by atoms with van der Waals surface area (Å²) < 4.78 is 23.0. The summed E-state index contributed by atoms with van der Waals surface area (Å²) in [5, 5.41) is 6.20. The van der Waals surface area contributed by atoms with Crippen LogP contribution in [0.1, 0.15) is 18.6 Å². The highest BCUT2D eigenvalue weighted by Crippen LogP contribution is 2.11. The molecule has 2 aromatic rings. The molecule has 0 saturated carbocycles. The third kappa shape index (κ3) is 6.25. The van der Waals surface area contributed by atoms with Crippen molar-refractivity contribution in [2.45, 2.75) is 19.8 Å². The van der Waals surface area contributed by atoms with Gasteiger partial charge in [-0.25, -0.2) is 4.39 Å². The van der Waals surface area contributed by atoms with Gasteiger partial charge in [0.15, 0.2) is 5.82 Å². The monoisotopic (exact) mass is 349 g/mol. The van der Waals surface area contributed by atoms with E-state index in [-0.39, 0.29) is 30.6 Å². The first kappa shape index (κ1) is 18.4. The van der Waals surface area contributed by atoms with Gasteiger partial charge in [0.1, 0.15) is 17.3 Å². The summed E-state index contributed by atoms with van der Waals surface area (Å²) in [6.45, 7) is 1.96. The van der Waals surface area contributed by atoms with Crippen molar-refractivity contribution in [3.8, 4) is 5.75 Å². The lowest BCUT2D eigenvalue weighted by atomic mass is 10.3. The first-order valence-corrected chi connectivity index (χ1v) is 7.79. The van der Waals surface area contributed by atoms with Crippen LogP contribution in [0.5, 0.6) is 5.75 Å². The van der Waals surface area contributed by atoms with Gasteiger partial charge in [0.2, 0.25) is 11.8 Å². The number of aryl methyl sites for hydroxylation is 1. The SMILES string of the molecule is Cc1cc(NC(=O)CN(C)C(=O)CCCOc2ccc(F)cc2)no1. The Balaban J connectivity index is 1.65. The highest BCUT2D eigenvalue weighted by molar-refractivity contribution is 5.93. The Morgan fingerprint density at radius 1 is 1.32 bits per heavy atom. The summed E-state index contributed by atoms with van der Waals surface area (Å²) in [5.41, 5.74) is 0. The number of nitrogens with zero attached hydrogens (tertiary/aromatic N) is 2. The number of anilines is 1. The Labute approximate surface area is 144 Å². The zero-order valence-corrected chi connectivity index (χ0v) is 14.1. The molecule has 1 heterocycles. The van der Waals surface area contributed by atoms with E-state index in [1.54, 1.807) is 20.0 Å². The standard InChI is InChI=1S/C17H20FN3O4/c1-12-10-15(20-25-12)19-16(22)11-21(2)17(23)4-3-9-24-14-7-5-13(18)6-8-14/h5-8,10H,3-4,9,11H2,1-2H3,(H,19,20,22). The maximum absolute atomic E-state index is 12.8. The Hall–Kier alpha value is -2.90. The molecule has 2 rings (SSSR count). The van der Waals surface area contributed by atoms with Gasteiger partial charge in [-0.3, -0.25) is 9.59 Å². The lowest BCUT2D eigenvalue weighted by molar-refractivity contribution is -0.133. The van der Waals surface area contributed by atoms with E-state index in [4.69, 9.17) is 9.26 Å². The molecule has 1 aromatic carbocycles. The number of amides is 2. The summed E-state index contributed by atoms with van der Waals surface area (Å²) >= 11 is 0. The van der Waals surface area contributed by atoms with E-state index in [9.17, 15) is 14.0 Å². The number of rotatable bonds is 8. The van der Waals surface area contributed by atoms with E-state index in [0.717, 1.165) is 0 Å². The van der Waals surface area contributed by atoms with Crippen molar-refractivity contribution in [2.24, 2.45) is 0 Å². The molecule has 1 aromatic heterocycles. The third-order valence-electron chi connectivity index (χ3n) is 3.32. The summed E-state index contributed by atoms with van der Waals surface area (Å²) in [6, 6.07) is 7.26. The van der Waals surface area contributed by atoms with Crippen molar-refractivity contribution in [1.29, 1.82) is 0 Å². The van der Waals surface area contributed by atoms with Gasteiger partial charge >= 0.3 is 0 Å². The van der Waals surface area contributed by atoms with Gasteiger partial charge in [-0.1, -0.05) is 5.16 Å². The molecule has 0 aliphatic heterocycles. The van der Waals surface area contributed by atoms with Crippen LogP contribution in [-0.2, 0) is 9.59 Å². The Morgan fingerprint density at radius 3 is 2.68 bits per heavy atom. The highest BCUT2D eigenvalue weighted by Gasteiger charge is 2.14. The molecule has 25 heavy (non-hydrogen) atoms. The topological polar surface area (TPSA) is 84.7 Å². The third-order valence-corrected chi connectivity index (χ3v) is 3.32. The zero-order valence-electron chi connectivity index (χ0n) is 14.1. The van der Waals surface area contributed by atoms with Gasteiger partial charge < -0.3 is 19.5 Å². The predicted molar refractivity (Wildman–Crippen MR) is 88.6 cm³/mol. The number of aromatic nitrogens is 1. The maximum atomic E-state index is 12.8. The van der Waals surface area contributed by atoms with Crippen LogP contribution in [0.3, 0.4) is 0 Å². The minimum absolute atomic E-state index is 0.0798. The van der Waals surface area contributed by atoms with Gasteiger partial charge in [0.25, 0.3) is 0 Å². The first-order valence-electron chi connectivity index (χ1n) is 7.79. The zero-order chi connectivity index (χ0) is 18.2. The van der Waals surface area contributed by atoms with E-state index in [2.05, 4.69) is 10.5 Å². The fourth-order valence-corrected chi connectivity index (χ4v) is 2.05. The normalized spacial score (nSPS) is 10.4. The number of ether oxygens (including phenoxy) is 1. The van der Waals surface area contributed by atoms with Gasteiger partial charge in [0, 0.05) is 19.5 Å². The van der Waals surface area contributed by atoms with E-state index in [1.165, 1.54) is 29.2 Å². The Bertz CT molecular complexity index is 715. The second-order valence-corrected chi connectivity index (χ2v) is 5.53. The second-order valence-electron chi connectivity index (χ2n) is 5.53. The minimum Gasteiger partial charge on any atom is -0.494 e. The summed E-state index contributed by atoms with van der Waals surface area (Å²) in [6.07, 6.45) is 0.735. The van der Waals surface area contributed by atoms with Gasteiger partial charge in [-0.05, 0) is 37.6 Å². The molecule has 0 unspecified atom stereocenters. The predicted octanol–water partition coefficient (Wildman–Crippen LogP) is 2.38.